The van der Waals surface area contributed by atoms with Crippen LogP contribution in [0, 0.1) is 28.6 Å². The molecule has 0 bridgehead atoms. The van der Waals surface area contributed by atoms with Crippen LogP contribution >= 0.6 is 0 Å². The van der Waals surface area contributed by atoms with E-state index < -0.39 is 30.1 Å². The highest BCUT2D eigenvalue weighted by atomic mass is 19.3. The third-order valence-electron chi connectivity index (χ3n) is 5.61. The molecule has 1 heterocycles. The first-order chi connectivity index (χ1) is 13.9. The van der Waals surface area contributed by atoms with Gasteiger partial charge in [0.2, 0.25) is 17.7 Å². The Bertz CT molecular complexity index is 1030. The molecule has 2 aliphatic carbocycles. The molecule has 2 fully saturated rings. The summed E-state index contributed by atoms with van der Waals surface area (Å²) in [5, 5.41) is 25.0. The topological polar surface area (TPSA) is 103 Å². The van der Waals surface area contributed by atoms with Crippen LogP contribution in [0.25, 0.3) is 0 Å². The smallest absolute Gasteiger partial charge is 0.248 e. The Morgan fingerprint density at radius 3 is 2.59 bits per heavy atom. The van der Waals surface area contributed by atoms with Crippen LogP contribution in [0.3, 0.4) is 0 Å². The lowest BCUT2D eigenvalue weighted by molar-refractivity contribution is -0.119. The Morgan fingerprint density at radius 1 is 1.21 bits per heavy atom. The van der Waals surface area contributed by atoms with E-state index in [2.05, 4.69) is 10.5 Å². The third kappa shape index (κ3) is 3.97. The number of hydrogen-bond acceptors (Lipinski definition) is 5. The summed E-state index contributed by atoms with van der Waals surface area (Å²) in [7, 11) is 0. The van der Waals surface area contributed by atoms with Crippen LogP contribution in [0.15, 0.2) is 28.8 Å². The van der Waals surface area contributed by atoms with Crippen LogP contribution in [-0.4, -0.2) is 17.0 Å². The molecule has 2 atom stereocenters. The molecule has 2 aliphatic rings. The number of benzene rings is 1. The zero-order valence-corrected chi connectivity index (χ0v) is 15.5. The standard InChI is InChI=1S/C21H18F2N4O2/c22-21(23)6-5-14(9-21)19(13-3-4-15(10-24)16(7-13)11-25)20(28)26-18-8-17(27-29-18)12-1-2-12/h3-4,7-8,12,14,19H,1-2,5-6,9H2,(H,26,28)/t14-,19-/m1/s1. The van der Waals surface area contributed by atoms with E-state index in [9.17, 15) is 18.8 Å². The van der Waals surface area contributed by atoms with Crippen molar-refractivity contribution in [1.82, 2.24) is 5.16 Å². The van der Waals surface area contributed by atoms with Crippen molar-refractivity contribution in [3.63, 3.8) is 0 Å². The molecule has 0 saturated heterocycles. The number of alkyl halides is 2. The Labute approximate surface area is 166 Å². The van der Waals surface area contributed by atoms with Gasteiger partial charge in [-0.2, -0.15) is 10.5 Å². The van der Waals surface area contributed by atoms with Crippen molar-refractivity contribution in [2.24, 2.45) is 5.92 Å². The van der Waals surface area contributed by atoms with Gasteiger partial charge in [0.25, 0.3) is 0 Å². The van der Waals surface area contributed by atoms with E-state index in [4.69, 9.17) is 9.78 Å². The Balaban J connectivity index is 1.63. The second-order valence-corrected chi connectivity index (χ2v) is 7.74. The lowest BCUT2D eigenvalue weighted by Gasteiger charge is -2.23. The molecular formula is C21H18F2N4O2. The SMILES string of the molecule is N#Cc1ccc([C@@H](C(=O)Nc2cc(C3CC3)no2)[C@@H]2CCC(F)(F)C2)cc1C#N. The fourth-order valence-corrected chi connectivity index (χ4v) is 3.97. The average Bonchev–Trinajstić information content (AvgIpc) is 3.35. The number of nitrogens with zero attached hydrogens (tertiary/aromatic N) is 3. The zero-order chi connectivity index (χ0) is 20.6. The van der Waals surface area contributed by atoms with Crippen LogP contribution in [0.2, 0.25) is 0 Å². The highest BCUT2D eigenvalue weighted by Gasteiger charge is 2.45. The van der Waals surface area contributed by atoms with E-state index in [1.54, 1.807) is 12.1 Å². The summed E-state index contributed by atoms with van der Waals surface area (Å²) in [5.74, 6) is -4.25. The van der Waals surface area contributed by atoms with Crippen LogP contribution in [-0.2, 0) is 4.79 Å². The van der Waals surface area contributed by atoms with Crippen molar-refractivity contribution in [3.8, 4) is 12.1 Å². The zero-order valence-electron chi connectivity index (χ0n) is 15.5. The molecule has 0 radical (unpaired) electrons. The molecule has 2 aromatic rings. The summed E-state index contributed by atoms with van der Waals surface area (Å²) in [6.07, 6.45) is 1.56. The second kappa shape index (κ2) is 7.29. The maximum absolute atomic E-state index is 13.9. The van der Waals surface area contributed by atoms with Crippen LogP contribution in [0.1, 0.15) is 66.3 Å². The minimum atomic E-state index is -2.82. The van der Waals surface area contributed by atoms with Gasteiger partial charge in [0.15, 0.2) is 0 Å². The predicted octanol–water partition coefficient (Wildman–Crippen LogP) is 4.45. The number of nitriles is 2. The van der Waals surface area contributed by atoms with E-state index in [1.165, 1.54) is 12.1 Å². The van der Waals surface area contributed by atoms with Gasteiger partial charge < -0.3 is 4.52 Å². The van der Waals surface area contributed by atoms with Gasteiger partial charge in [0.1, 0.15) is 12.1 Å². The van der Waals surface area contributed by atoms with E-state index in [0.717, 1.165) is 18.5 Å². The molecule has 1 aromatic heterocycles. The van der Waals surface area contributed by atoms with Crippen molar-refractivity contribution < 1.29 is 18.1 Å². The first-order valence-electron chi connectivity index (χ1n) is 9.49. The van der Waals surface area contributed by atoms with Gasteiger partial charge in [-0.3, -0.25) is 10.1 Å². The van der Waals surface area contributed by atoms with Gasteiger partial charge in [-0.25, -0.2) is 8.78 Å². The number of halogens is 2. The molecule has 0 spiro atoms. The van der Waals surface area contributed by atoms with Crippen molar-refractivity contribution in [3.05, 3.63) is 46.6 Å². The Kier molecular flexibility index (Phi) is 4.79. The van der Waals surface area contributed by atoms with Crippen molar-refractivity contribution in [2.45, 2.75) is 49.9 Å². The normalized spacial score (nSPS) is 21.2. The molecule has 1 amide bonds. The largest absolute Gasteiger partial charge is 0.338 e. The van der Waals surface area contributed by atoms with Crippen LogP contribution in [0.5, 0.6) is 0 Å². The molecule has 4 rings (SSSR count). The maximum atomic E-state index is 13.9. The fraction of sp³-hybridized carbons (Fsp3) is 0.429. The van der Waals surface area contributed by atoms with Gasteiger partial charge >= 0.3 is 0 Å². The first-order valence-corrected chi connectivity index (χ1v) is 9.49. The van der Waals surface area contributed by atoms with Gasteiger partial charge in [-0.1, -0.05) is 11.2 Å². The van der Waals surface area contributed by atoms with Crippen molar-refractivity contribution in [2.75, 3.05) is 5.32 Å². The quantitative estimate of drug-likeness (QED) is 0.804. The molecule has 2 saturated carbocycles. The monoisotopic (exact) mass is 396 g/mol. The molecule has 8 heteroatoms. The molecule has 0 unspecified atom stereocenters. The molecule has 0 aliphatic heterocycles. The lowest BCUT2D eigenvalue weighted by Crippen LogP contribution is -2.27. The molecule has 1 N–H and O–H groups in total. The maximum Gasteiger partial charge on any atom is 0.248 e. The summed E-state index contributed by atoms with van der Waals surface area (Å²) in [5.41, 5.74) is 1.50. The molecule has 6 nitrogen and oxygen atoms in total. The van der Waals surface area contributed by atoms with E-state index in [1.807, 2.05) is 12.1 Å². The summed E-state index contributed by atoms with van der Waals surface area (Å²) < 4.78 is 32.9. The first kappa shape index (κ1) is 19.1. The number of aromatic nitrogens is 1. The van der Waals surface area contributed by atoms with E-state index in [0.29, 0.717) is 11.5 Å². The number of nitrogens with one attached hydrogen (secondary N) is 1. The summed E-state index contributed by atoms with van der Waals surface area (Å²) >= 11 is 0. The van der Waals surface area contributed by atoms with Crippen LogP contribution < -0.4 is 5.32 Å². The molecule has 1 aromatic carbocycles. The minimum Gasteiger partial charge on any atom is -0.338 e. The minimum absolute atomic E-state index is 0.114. The summed E-state index contributed by atoms with van der Waals surface area (Å²) in [6.45, 7) is 0. The van der Waals surface area contributed by atoms with Gasteiger partial charge in [0.05, 0.1) is 22.7 Å². The van der Waals surface area contributed by atoms with Crippen molar-refractivity contribution in [1.29, 1.82) is 10.5 Å². The average molecular weight is 396 g/mol. The highest BCUT2D eigenvalue weighted by molar-refractivity contribution is 5.95. The third-order valence-corrected chi connectivity index (χ3v) is 5.61. The van der Waals surface area contributed by atoms with Crippen molar-refractivity contribution >= 4 is 11.8 Å². The Morgan fingerprint density at radius 2 is 1.97 bits per heavy atom. The fourth-order valence-electron chi connectivity index (χ4n) is 3.97. The lowest BCUT2D eigenvalue weighted by atomic mass is 9.83. The second-order valence-electron chi connectivity index (χ2n) is 7.74. The number of carbonyl (C=O) groups is 1. The Hall–Kier alpha value is -3.26. The number of carbonyl (C=O) groups excluding carboxylic acids is 1. The van der Waals surface area contributed by atoms with Gasteiger partial charge in [-0.15, -0.1) is 0 Å². The van der Waals surface area contributed by atoms with Gasteiger partial charge in [-0.05, 0) is 42.9 Å². The summed E-state index contributed by atoms with van der Waals surface area (Å²) in [6, 6.07) is 9.95. The highest BCUT2D eigenvalue weighted by Crippen LogP contribution is 2.46. The predicted molar refractivity (Wildman–Crippen MR) is 98.0 cm³/mol. The van der Waals surface area contributed by atoms with Gasteiger partial charge in [0, 0.05) is 24.8 Å². The molecular weight excluding hydrogens is 378 g/mol. The number of hydrogen-bond donors (Lipinski definition) is 1. The number of anilines is 1. The number of amides is 1. The molecule has 148 valence electrons. The van der Waals surface area contributed by atoms with E-state index >= 15 is 0 Å². The van der Waals surface area contributed by atoms with E-state index in [-0.39, 0.29) is 29.9 Å². The number of rotatable bonds is 5. The molecule has 29 heavy (non-hydrogen) atoms. The summed E-state index contributed by atoms with van der Waals surface area (Å²) in [4.78, 5) is 13.1. The van der Waals surface area contributed by atoms with Crippen LogP contribution in [0.4, 0.5) is 14.7 Å².